The molecule has 0 radical (unpaired) electrons. The lowest BCUT2D eigenvalue weighted by Crippen LogP contribution is -2.17. The molecule has 1 aliphatic carbocycles. The van der Waals surface area contributed by atoms with Crippen LogP contribution in [-0.2, 0) is 0 Å². The molecule has 2 aliphatic rings. The summed E-state index contributed by atoms with van der Waals surface area (Å²) in [5.74, 6) is 1.03. The topological polar surface area (TPSA) is 35.8 Å². The van der Waals surface area contributed by atoms with Crippen molar-refractivity contribution in [3.05, 3.63) is 0 Å². The fourth-order valence-corrected chi connectivity index (χ4v) is 1.99. The second-order valence-corrected chi connectivity index (χ2v) is 3.35. The summed E-state index contributed by atoms with van der Waals surface area (Å²) in [6, 6.07) is 2.34. The summed E-state index contributed by atoms with van der Waals surface area (Å²) in [6.45, 7) is 4.32. The van der Waals surface area contributed by atoms with Crippen molar-refractivity contribution in [3.63, 3.8) is 0 Å². The summed E-state index contributed by atoms with van der Waals surface area (Å²) in [5.41, 5.74) is 0.356. The van der Waals surface area contributed by atoms with E-state index in [9.17, 15) is 0 Å². The number of nitrogens with zero attached hydrogens (tertiary/aromatic N) is 1. The number of fused-ring (bicyclic) bond motifs is 1. The standard InChI is InChI=1S/C7H10N2/c1-7-4-9-3-6(7)5(7)2-8/h5-6,9H,3-4H2,1H3/t5-,6-,7?/m0/s1. The maximum Gasteiger partial charge on any atom is 0.0665 e. The fraction of sp³-hybridized carbons (Fsp3) is 0.857. The Labute approximate surface area is 54.9 Å². The third kappa shape index (κ3) is 0.439. The number of rotatable bonds is 0. The van der Waals surface area contributed by atoms with E-state index in [1.165, 1.54) is 0 Å². The third-order valence-corrected chi connectivity index (χ3v) is 2.86. The summed E-state index contributed by atoms with van der Waals surface area (Å²) >= 11 is 0. The number of hydrogen-bond acceptors (Lipinski definition) is 2. The van der Waals surface area contributed by atoms with Gasteiger partial charge in [-0.25, -0.2) is 0 Å². The van der Waals surface area contributed by atoms with Gasteiger partial charge >= 0.3 is 0 Å². The molecule has 1 unspecified atom stereocenters. The average Bonchev–Trinajstić information content (AvgIpc) is 2.16. The molecule has 2 heteroatoms. The van der Waals surface area contributed by atoms with Gasteiger partial charge in [-0.15, -0.1) is 0 Å². The fourth-order valence-electron chi connectivity index (χ4n) is 1.99. The third-order valence-electron chi connectivity index (χ3n) is 2.86. The molecular weight excluding hydrogens is 112 g/mol. The lowest BCUT2D eigenvalue weighted by molar-refractivity contribution is 0.541. The summed E-state index contributed by atoms with van der Waals surface area (Å²) in [4.78, 5) is 0. The van der Waals surface area contributed by atoms with E-state index in [-0.39, 0.29) is 0 Å². The molecule has 9 heavy (non-hydrogen) atoms. The van der Waals surface area contributed by atoms with Crippen LogP contribution in [0, 0.1) is 28.6 Å². The van der Waals surface area contributed by atoms with Crippen LogP contribution in [0.25, 0.3) is 0 Å². The molecule has 0 aromatic carbocycles. The minimum atomic E-state index is 0.356. The highest BCUT2D eigenvalue weighted by Crippen LogP contribution is 2.59. The van der Waals surface area contributed by atoms with Crippen molar-refractivity contribution in [2.24, 2.45) is 17.3 Å². The highest BCUT2D eigenvalue weighted by atomic mass is 15.0. The predicted molar refractivity (Wildman–Crippen MR) is 33.6 cm³/mol. The van der Waals surface area contributed by atoms with Crippen LogP contribution in [0.2, 0.25) is 0 Å². The molecule has 1 aliphatic heterocycles. The van der Waals surface area contributed by atoms with Crippen molar-refractivity contribution in [3.8, 4) is 6.07 Å². The first kappa shape index (κ1) is 5.25. The minimum absolute atomic E-state index is 0.356. The van der Waals surface area contributed by atoms with Crippen LogP contribution in [0.3, 0.4) is 0 Å². The van der Waals surface area contributed by atoms with E-state index in [2.05, 4.69) is 18.3 Å². The molecule has 0 aromatic rings. The van der Waals surface area contributed by atoms with Crippen LogP contribution in [0.1, 0.15) is 6.92 Å². The van der Waals surface area contributed by atoms with Gasteiger partial charge in [0.2, 0.25) is 0 Å². The zero-order chi connectivity index (χ0) is 6.48. The lowest BCUT2D eigenvalue weighted by Gasteiger charge is -2.01. The molecule has 2 rings (SSSR count). The Balaban J connectivity index is 2.18. The van der Waals surface area contributed by atoms with Gasteiger partial charge in [0.05, 0.1) is 12.0 Å². The Morgan fingerprint density at radius 1 is 1.78 bits per heavy atom. The first-order valence-corrected chi connectivity index (χ1v) is 3.39. The maximum atomic E-state index is 8.60. The Hall–Kier alpha value is -0.550. The Morgan fingerprint density at radius 2 is 2.56 bits per heavy atom. The number of nitriles is 1. The Bertz CT molecular complexity index is 182. The van der Waals surface area contributed by atoms with Crippen molar-refractivity contribution in [1.82, 2.24) is 5.32 Å². The van der Waals surface area contributed by atoms with Crippen molar-refractivity contribution < 1.29 is 0 Å². The molecule has 1 saturated carbocycles. The quantitative estimate of drug-likeness (QED) is 0.503. The zero-order valence-corrected chi connectivity index (χ0v) is 5.52. The van der Waals surface area contributed by atoms with Crippen LogP contribution >= 0.6 is 0 Å². The van der Waals surface area contributed by atoms with Gasteiger partial charge in [-0.2, -0.15) is 5.26 Å². The van der Waals surface area contributed by atoms with E-state index in [4.69, 9.17) is 5.26 Å². The Morgan fingerprint density at radius 3 is 2.89 bits per heavy atom. The number of piperidine rings is 1. The van der Waals surface area contributed by atoms with Gasteiger partial charge in [-0.05, 0) is 12.5 Å². The van der Waals surface area contributed by atoms with E-state index < -0.39 is 0 Å². The highest BCUT2D eigenvalue weighted by Gasteiger charge is 2.64. The van der Waals surface area contributed by atoms with Gasteiger partial charge in [0.25, 0.3) is 0 Å². The molecule has 2 fully saturated rings. The van der Waals surface area contributed by atoms with Crippen LogP contribution < -0.4 is 5.32 Å². The summed E-state index contributed by atoms with van der Waals surface area (Å²) < 4.78 is 0. The molecular formula is C7H10N2. The SMILES string of the molecule is CC12CNC[C@H]1[C@@H]2C#N. The van der Waals surface area contributed by atoms with Crippen molar-refractivity contribution >= 4 is 0 Å². The molecule has 0 amide bonds. The molecule has 0 spiro atoms. The van der Waals surface area contributed by atoms with Crippen LogP contribution in [0.15, 0.2) is 0 Å². The normalized spacial score (nSPS) is 54.2. The van der Waals surface area contributed by atoms with Gasteiger partial charge in [-0.3, -0.25) is 0 Å². The molecule has 1 heterocycles. The van der Waals surface area contributed by atoms with Crippen LogP contribution in [-0.4, -0.2) is 13.1 Å². The maximum absolute atomic E-state index is 8.60. The van der Waals surface area contributed by atoms with Gasteiger partial charge in [0.15, 0.2) is 0 Å². The van der Waals surface area contributed by atoms with Gasteiger partial charge in [0.1, 0.15) is 0 Å². The molecule has 1 N–H and O–H groups in total. The van der Waals surface area contributed by atoms with Crippen molar-refractivity contribution in [1.29, 1.82) is 5.26 Å². The van der Waals surface area contributed by atoms with E-state index in [1.54, 1.807) is 0 Å². The first-order chi connectivity index (χ1) is 4.29. The van der Waals surface area contributed by atoms with Gasteiger partial charge in [-0.1, -0.05) is 6.92 Å². The first-order valence-electron chi connectivity index (χ1n) is 3.39. The summed E-state index contributed by atoms with van der Waals surface area (Å²) in [5, 5.41) is 11.9. The second-order valence-electron chi connectivity index (χ2n) is 3.35. The van der Waals surface area contributed by atoms with Crippen molar-refractivity contribution in [2.75, 3.05) is 13.1 Å². The minimum Gasteiger partial charge on any atom is -0.316 e. The molecule has 0 bridgehead atoms. The zero-order valence-electron chi connectivity index (χ0n) is 5.52. The summed E-state index contributed by atoms with van der Waals surface area (Å²) in [6.07, 6.45) is 0. The Kier molecular flexibility index (Phi) is 0.758. The van der Waals surface area contributed by atoms with E-state index in [0.717, 1.165) is 13.1 Å². The molecule has 3 atom stereocenters. The predicted octanol–water partition coefficient (Wildman–Crippen LogP) is 0.365. The molecule has 0 aromatic heterocycles. The lowest BCUT2D eigenvalue weighted by atomic mass is 10.1. The molecule has 1 saturated heterocycles. The van der Waals surface area contributed by atoms with E-state index in [1.807, 2.05) is 0 Å². The van der Waals surface area contributed by atoms with Gasteiger partial charge in [0, 0.05) is 12.0 Å². The van der Waals surface area contributed by atoms with Crippen LogP contribution in [0.5, 0.6) is 0 Å². The average molecular weight is 122 g/mol. The highest BCUT2D eigenvalue weighted by molar-refractivity contribution is 5.21. The molecule has 2 nitrogen and oxygen atoms in total. The molecule has 48 valence electrons. The largest absolute Gasteiger partial charge is 0.316 e. The summed E-state index contributed by atoms with van der Waals surface area (Å²) in [7, 11) is 0. The van der Waals surface area contributed by atoms with Gasteiger partial charge < -0.3 is 5.32 Å². The monoisotopic (exact) mass is 122 g/mol. The second kappa shape index (κ2) is 1.30. The van der Waals surface area contributed by atoms with E-state index in [0.29, 0.717) is 17.3 Å². The van der Waals surface area contributed by atoms with Crippen LogP contribution in [0.4, 0.5) is 0 Å². The smallest absolute Gasteiger partial charge is 0.0665 e. The van der Waals surface area contributed by atoms with Crippen molar-refractivity contribution in [2.45, 2.75) is 6.92 Å². The number of hydrogen-bond donors (Lipinski definition) is 1. The van der Waals surface area contributed by atoms with E-state index >= 15 is 0 Å². The number of nitrogens with one attached hydrogen (secondary N) is 1.